The molecule has 4 nitrogen and oxygen atoms in total. The van der Waals surface area contributed by atoms with E-state index in [9.17, 15) is 0 Å². The SMILES string of the molecule is C=C(OCC)[C@H](OCOCCOC)c1ccccc1. The summed E-state index contributed by atoms with van der Waals surface area (Å²) in [6.07, 6.45) is -0.316. The van der Waals surface area contributed by atoms with Crippen molar-refractivity contribution in [1.82, 2.24) is 0 Å². The highest BCUT2D eigenvalue weighted by molar-refractivity contribution is 5.22. The molecular weight excluding hydrogens is 244 g/mol. The average molecular weight is 266 g/mol. The lowest BCUT2D eigenvalue weighted by molar-refractivity contribution is -0.100. The number of methoxy groups -OCH3 is 1. The molecule has 0 aliphatic rings. The van der Waals surface area contributed by atoms with E-state index in [0.717, 1.165) is 5.56 Å². The molecular formula is C15H22O4. The molecule has 0 amide bonds. The Morgan fingerprint density at radius 2 is 1.95 bits per heavy atom. The van der Waals surface area contributed by atoms with Crippen LogP contribution in [0.1, 0.15) is 18.6 Å². The molecule has 0 heterocycles. The van der Waals surface area contributed by atoms with E-state index in [0.29, 0.717) is 25.6 Å². The van der Waals surface area contributed by atoms with Crippen LogP contribution in [-0.2, 0) is 18.9 Å². The monoisotopic (exact) mass is 266 g/mol. The highest BCUT2D eigenvalue weighted by atomic mass is 16.7. The number of benzene rings is 1. The maximum absolute atomic E-state index is 5.69. The van der Waals surface area contributed by atoms with Gasteiger partial charge in [0.25, 0.3) is 0 Å². The van der Waals surface area contributed by atoms with Crippen molar-refractivity contribution in [2.75, 3.05) is 33.7 Å². The Bertz CT molecular complexity index is 350. The molecule has 1 aromatic carbocycles. The summed E-state index contributed by atoms with van der Waals surface area (Å²) in [6.45, 7) is 7.62. The molecule has 4 heteroatoms. The first kappa shape index (κ1) is 15.7. The Morgan fingerprint density at radius 1 is 1.21 bits per heavy atom. The third kappa shape index (κ3) is 5.87. The number of ether oxygens (including phenoxy) is 4. The van der Waals surface area contributed by atoms with Crippen LogP contribution in [0.25, 0.3) is 0 Å². The molecule has 0 unspecified atom stereocenters. The van der Waals surface area contributed by atoms with E-state index in [4.69, 9.17) is 18.9 Å². The molecule has 0 aliphatic heterocycles. The minimum atomic E-state index is -0.316. The minimum Gasteiger partial charge on any atom is -0.496 e. The minimum absolute atomic E-state index is 0.176. The fourth-order valence-corrected chi connectivity index (χ4v) is 1.58. The van der Waals surface area contributed by atoms with Gasteiger partial charge in [-0.1, -0.05) is 36.9 Å². The third-order valence-electron chi connectivity index (χ3n) is 2.47. The number of hydrogen-bond donors (Lipinski definition) is 0. The van der Waals surface area contributed by atoms with Gasteiger partial charge in [-0.2, -0.15) is 0 Å². The van der Waals surface area contributed by atoms with Crippen LogP contribution < -0.4 is 0 Å². The predicted octanol–water partition coefficient (Wildman–Crippen LogP) is 2.92. The van der Waals surface area contributed by atoms with E-state index in [1.54, 1.807) is 7.11 Å². The fourth-order valence-electron chi connectivity index (χ4n) is 1.58. The van der Waals surface area contributed by atoms with Gasteiger partial charge < -0.3 is 18.9 Å². The Balaban J connectivity index is 2.53. The average Bonchev–Trinajstić information content (AvgIpc) is 2.44. The lowest BCUT2D eigenvalue weighted by Crippen LogP contribution is -2.13. The van der Waals surface area contributed by atoms with E-state index in [1.165, 1.54) is 0 Å². The zero-order valence-corrected chi connectivity index (χ0v) is 11.6. The Hall–Kier alpha value is -1.36. The summed E-state index contributed by atoms with van der Waals surface area (Å²) in [5.74, 6) is 0.587. The molecule has 1 aromatic rings. The molecule has 0 saturated heterocycles. The van der Waals surface area contributed by atoms with Crippen molar-refractivity contribution in [3.05, 3.63) is 48.2 Å². The number of hydrogen-bond acceptors (Lipinski definition) is 4. The van der Waals surface area contributed by atoms with Gasteiger partial charge in [0, 0.05) is 7.11 Å². The Labute approximate surface area is 114 Å². The summed E-state index contributed by atoms with van der Waals surface area (Å²) in [5, 5.41) is 0. The molecule has 106 valence electrons. The molecule has 0 spiro atoms. The normalized spacial score (nSPS) is 12.1. The van der Waals surface area contributed by atoms with Crippen molar-refractivity contribution in [3.63, 3.8) is 0 Å². The lowest BCUT2D eigenvalue weighted by Gasteiger charge is -2.20. The second kappa shape index (κ2) is 9.55. The van der Waals surface area contributed by atoms with Crippen molar-refractivity contribution in [1.29, 1.82) is 0 Å². The van der Waals surface area contributed by atoms with Crippen LogP contribution in [0.2, 0.25) is 0 Å². The maximum Gasteiger partial charge on any atom is 0.148 e. The summed E-state index contributed by atoms with van der Waals surface area (Å²) in [5.41, 5.74) is 0.997. The van der Waals surface area contributed by atoms with E-state index in [1.807, 2.05) is 37.3 Å². The molecule has 0 N–H and O–H groups in total. The second-order valence-electron chi connectivity index (χ2n) is 3.88. The molecule has 1 atom stereocenters. The van der Waals surface area contributed by atoms with Crippen LogP contribution >= 0.6 is 0 Å². The summed E-state index contributed by atoms with van der Waals surface area (Å²) in [6, 6.07) is 9.82. The van der Waals surface area contributed by atoms with Crippen LogP contribution in [0.3, 0.4) is 0 Å². The van der Waals surface area contributed by atoms with Gasteiger partial charge in [-0.15, -0.1) is 0 Å². The first-order valence-electron chi connectivity index (χ1n) is 6.34. The smallest absolute Gasteiger partial charge is 0.148 e. The summed E-state index contributed by atoms with van der Waals surface area (Å²) in [4.78, 5) is 0. The van der Waals surface area contributed by atoms with Crippen LogP contribution in [0, 0.1) is 0 Å². The van der Waals surface area contributed by atoms with Crippen LogP contribution in [0.15, 0.2) is 42.7 Å². The van der Waals surface area contributed by atoms with Crippen molar-refractivity contribution < 1.29 is 18.9 Å². The summed E-state index contributed by atoms with van der Waals surface area (Å²) >= 11 is 0. The molecule has 0 aliphatic carbocycles. The summed E-state index contributed by atoms with van der Waals surface area (Å²) in [7, 11) is 1.63. The van der Waals surface area contributed by atoms with Crippen molar-refractivity contribution in [3.8, 4) is 0 Å². The van der Waals surface area contributed by atoms with E-state index < -0.39 is 0 Å². The fraction of sp³-hybridized carbons (Fsp3) is 0.467. The Kier molecular flexibility index (Phi) is 7.89. The molecule has 0 radical (unpaired) electrons. The van der Waals surface area contributed by atoms with Crippen molar-refractivity contribution >= 4 is 0 Å². The number of rotatable bonds is 10. The van der Waals surface area contributed by atoms with E-state index in [2.05, 4.69) is 6.58 Å². The van der Waals surface area contributed by atoms with Crippen molar-refractivity contribution in [2.24, 2.45) is 0 Å². The molecule has 1 rings (SSSR count). The molecule has 0 saturated carbocycles. The topological polar surface area (TPSA) is 36.9 Å². The van der Waals surface area contributed by atoms with Gasteiger partial charge in [-0.25, -0.2) is 0 Å². The first-order valence-corrected chi connectivity index (χ1v) is 6.34. The Morgan fingerprint density at radius 3 is 2.58 bits per heavy atom. The maximum atomic E-state index is 5.69. The third-order valence-corrected chi connectivity index (χ3v) is 2.47. The van der Waals surface area contributed by atoms with Crippen molar-refractivity contribution in [2.45, 2.75) is 13.0 Å². The second-order valence-corrected chi connectivity index (χ2v) is 3.88. The van der Waals surface area contributed by atoms with Gasteiger partial charge in [-0.05, 0) is 12.5 Å². The molecule has 0 bridgehead atoms. The molecule has 0 aromatic heterocycles. The van der Waals surface area contributed by atoms with Gasteiger partial charge in [0.2, 0.25) is 0 Å². The zero-order valence-electron chi connectivity index (χ0n) is 11.6. The van der Waals surface area contributed by atoms with Gasteiger partial charge in [-0.3, -0.25) is 0 Å². The van der Waals surface area contributed by atoms with Gasteiger partial charge >= 0.3 is 0 Å². The van der Waals surface area contributed by atoms with Crippen LogP contribution in [0.5, 0.6) is 0 Å². The molecule has 0 fully saturated rings. The quantitative estimate of drug-likeness (QED) is 0.371. The largest absolute Gasteiger partial charge is 0.496 e. The highest BCUT2D eigenvalue weighted by Gasteiger charge is 2.16. The zero-order chi connectivity index (χ0) is 13.9. The van der Waals surface area contributed by atoms with Gasteiger partial charge in [0.05, 0.1) is 19.8 Å². The predicted molar refractivity (Wildman–Crippen MR) is 73.7 cm³/mol. The standard InChI is InChI=1S/C15H22O4/c1-4-18-13(2)15(14-8-6-5-7-9-14)19-12-17-11-10-16-3/h5-9,15H,2,4,10-12H2,1,3H3/t15-/m0/s1. The highest BCUT2D eigenvalue weighted by Crippen LogP contribution is 2.25. The van der Waals surface area contributed by atoms with E-state index >= 15 is 0 Å². The first-order chi connectivity index (χ1) is 9.29. The summed E-state index contributed by atoms with van der Waals surface area (Å²) < 4.78 is 21.3. The lowest BCUT2D eigenvalue weighted by atomic mass is 10.1. The van der Waals surface area contributed by atoms with Crippen LogP contribution in [-0.4, -0.2) is 33.7 Å². The van der Waals surface area contributed by atoms with Gasteiger partial charge in [0.1, 0.15) is 18.7 Å². The van der Waals surface area contributed by atoms with Crippen LogP contribution in [0.4, 0.5) is 0 Å². The molecule has 19 heavy (non-hydrogen) atoms. The van der Waals surface area contributed by atoms with Gasteiger partial charge in [0.15, 0.2) is 0 Å². The van der Waals surface area contributed by atoms with E-state index in [-0.39, 0.29) is 12.9 Å².